The van der Waals surface area contributed by atoms with Crippen LogP contribution in [0.25, 0.3) is 0 Å². The second kappa shape index (κ2) is 9.21. The minimum absolute atomic E-state index is 0.107. The van der Waals surface area contributed by atoms with E-state index in [-0.39, 0.29) is 15.9 Å². The standard InChI is InChI=1S/C20H22ClN3O3S2/c1-14-9-11-24(12-10-14)29(26,27)18-7-5-17(6-8-18)22-20(28)23-19(25)15-3-2-4-16(21)13-15/h2-8,13-14H,9-12H2,1H3,(H2,22,23,25,28). The molecule has 1 fully saturated rings. The summed E-state index contributed by atoms with van der Waals surface area (Å²) in [5, 5.41) is 6.01. The Bertz CT molecular complexity index is 1000. The maximum atomic E-state index is 12.8. The zero-order chi connectivity index (χ0) is 21.0. The molecule has 2 aromatic rings. The van der Waals surface area contributed by atoms with Crippen LogP contribution in [0.5, 0.6) is 0 Å². The van der Waals surface area contributed by atoms with Gasteiger partial charge in [0, 0.05) is 29.4 Å². The predicted octanol–water partition coefficient (Wildman–Crippen LogP) is 3.89. The summed E-state index contributed by atoms with van der Waals surface area (Å²) in [5.41, 5.74) is 0.964. The van der Waals surface area contributed by atoms with Crippen molar-refractivity contribution in [2.24, 2.45) is 5.92 Å². The number of benzene rings is 2. The van der Waals surface area contributed by atoms with Crippen molar-refractivity contribution in [2.45, 2.75) is 24.7 Å². The van der Waals surface area contributed by atoms with E-state index in [0.29, 0.717) is 35.3 Å². The normalized spacial score (nSPS) is 15.7. The molecule has 2 aromatic carbocycles. The zero-order valence-electron chi connectivity index (χ0n) is 15.9. The monoisotopic (exact) mass is 451 g/mol. The fourth-order valence-electron chi connectivity index (χ4n) is 3.05. The van der Waals surface area contributed by atoms with E-state index in [1.54, 1.807) is 36.4 Å². The fourth-order valence-corrected chi connectivity index (χ4v) is 4.92. The molecule has 9 heteroatoms. The number of carbonyl (C=O) groups is 1. The Labute approximate surface area is 181 Å². The Kier molecular flexibility index (Phi) is 6.89. The summed E-state index contributed by atoms with van der Waals surface area (Å²) in [6.45, 7) is 3.23. The number of rotatable bonds is 4. The Morgan fingerprint density at radius 1 is 1.14 bits per heavy atom. The first-order chi connectivity index (χ1) is 13.8. The SMILES string of the molecule is CC1CCN(S(=O)(=O)c2ccc(NC(=S)NC(=O)c3cccc(Cl)c3)cc2)CC1. The van der Waals surface area contributed by atoms with Gasteiger partial charge in [-0.15, -0.1) is 0 Å². The number of halogens is 1. The van der Waals surface area contributed by atoms with Crippen molar-refractivity contribution in [3.8, 4) is 0 Å². The van der Waals surface area contributed by atoms with E-state index < -0.39 is 10.0 Å². The molecule has 0 bridgehead atoms. The van der Waals surface area contributed by atoms with Gasteiger partial charge in [-0.1, -0.05) is 24.6 Å². The average molecular weight is 452 g/mol. The fraction of sp³-hybridized carbons (Fsp3) is 0.300. The van der Waals surface area contributed by atoms with Crippen LogP contribution >= 0.6 is 23.8 Å². The minimum Gasteiger partial charge on any atom is -0.332 e. The Hall–Kier alpha value is -2.00. The van der Waals surface area contributed by atoms with Crippen LogP contribution in [0.3, 0.4) is 0 Å². The van der Waals surface area contributed by atoms with E-state index >= 15 is 0 Å². The number of hydrogen-bond donors (Lipinski definition) is 2. The molecule has 0 aromatic heterocycles. The molecule has 3 rings (SSSR count). The lowest BCUT2D eigenvalue weighted by molar-refractivity contribution is 0.0977. The molecule has 29 heavy (non-hydrogen) atoms. The van der Waals surface area contributed by atoms with Gasteiger partial charge in [0.2, 0.25) is 10.0 Å². The second-order valence-corrected chi connectivity index (χ2v) is 9.81. The van der Waals surface area contributed by atoms with Crippen molar-refractivity contribution < 1.29 is 13.2 Å². The first-order valence-corrected chi connectivity index (χ1v) is 11.5. The molecule has 0 aliphatic carbocycles. The van der Waals surface area contributed by atoms with Gasteiger partial charge in [-0.2, -0.15) is 4.31 Å². The van der Waals surface area contributed by atoms with Crippen LogP contribution in [0.1, 0.15) is 30.1 Å². The number of nitrogens with zero attached hydrogens (tertiary/aromatic N) is 1. The van der Waals surface area contributed by atoms with Gasteiger partial charge < -0.3 is 5.32 Å². The Morgan fingerprint density at radius 3 is 2.41 bits per heavy atom. The van der Waals surface area contributed by atoms with E-state index in [4.69, 9.17) is 23.8 Å². The van der Waals surface area contributed by atoms with Gasteiger partial charge in [0.25, 0.3) is 5.91 Å². The predicted molar refractivity (Wildman–Crippen MR) is 119 cm³/mol. The number of sulfonamides is 1. The lowest BCUT2D eigenvalue weighted by Gasteiger charge is -2.29. The summed E-state index contributed by atoms with van der Waals surface area (Å²) in [5.74, 6) is 0.166. The molecule has 0 saturated carbocycles. The van der Waals surface area contributed by atoms with Crippen LogP contribution in [0, 0.1) is 5.92 Å². The highest BCUT2D eigenvalue weighted by Gasteiger charge is 2.27. The van der Waals surface area contributed by atoms with Gasteiger partial charge in [0.15, 0.2) is 5.11 Å². The lowest BCUT2D eigenvalue weighted by atomic mass is 10.0. The van der Waals surface area contributed by atoms with Crippen LogP contribution in [0.4, 0.5) is 5.69 Å². The molecular formula is C20H22ClN3O3S2. The number of piperidine rings is 1. The van der Waals surface area contributed by atoms with Crippen LogP contribution in [-0.4, -0.2) is 36.8 Å². The van der Waals surface area contributed by atoms with E-state index in [9.17, 15) is 13.2 Å². The van der Waals surface area contributed by atoms with E-state index in [2.05, 4.69) is 17.6 Å². The minimum atomic E-state index is -3.50. The van der Waals surface area contributed by atoms with Crippen LogP contribution < -0.4 is 10.6 Å². The number of hydrogen-bond acceptors (Lipinski definition) is 4. The molecule has 1 heterocycles. The average Bonchev–Trinajstić information content (AvgIpc) is 2.68. The largest absolute Gasteiger partial charge is 0.332 e. The molecule has 1 aliphatic rings. The molecule has 0 unspecified atom stereocenters. The molecule has 1 saturated heterocycles. The second-order valence-electron chi connectivity index (χ2n) is 7.03. The van der Waals surface area contributed by atoms with Crippen LogP contribution in [-0.2, 0) is 10.0 Å². The topological polar surface area (TPSA) is 78.5 Å². The van der Waals surface area contributed by atoms with Crippen molar-refractivity contribution in [3.63, 3.8) is 0 Å². The summed E-state index contributed by atoms with van der Waals surface area (Å²) in [6.07, 6.45) is 1.75. The van der Waals surface area contributed by atoms with Crippen LogP contribution in [0.2, 0.25) is 5.02 Å². The van der Waals surface area contributed by atoms with E-state index in [0.717, 1.165) is 12.8 Å². The zero-order valence-corrected chi connectivity index (χ0v) is 18.3. The molecule has 0 atom stereocenters. The molecule has 2 N–H and O–H groups in total. The van der Waals surface area contributed by atoms with Gasteiger partial charge in [0.05, 0.1) is 4.90 Å². The number of amides is 1. The third-order valence-electron chi connectivity index (χ3n) is 4.81. The van der Waals surface area contributed by atoms with E-state index in [1.165, 1.54) is 16.4 Å². The van der Waals surface area contributed by atoms with Gasteiger partial charge in [-0.25, -0.2) is 8.42 Å². The summed E-state index contributed by atoms with van der Waals surface area (Å²) >= 11 is 11.1. The number of carbonyl (C=O) groups excluding carboxylic acids is 1. The highest BCUT2D eigenvalue weighted by molar-refractivity contribution is 7.89. The number of anilines is 1. The van der Waals surface area contributed by atoms with Gasteiger partial charge in [-0.3, -0.25) is 10.1 Å². The van der Waals surface area contributed by atoms with Crippen molar-refractivity contribution in [1.29, 1.82) is 0 Å². The lowest BCUT2D eigenvalue weighted by Crippen LogP contribution is -2.37. The van der Waals surface area contributed by atoms with Crippen molar-refractivity contribution in [1.82, 2.24) is 9.62 Å². The van der Waals surface area contributed by atoms with Gasteiger partial charge >= 0.3 is 0 Å². The third kappa shape index (κ3) is 5.54. The van der Waals surface area contributed by atoms with Gasteiger partial charge in [0.1, 0.15) is 0 Å². The molecule has 154 valence electrons. The summed E-state index contributed by atoms with van der Waals surface area (Å²) in [7, 11) is -3.50. The van der Waals surface area contributed by atoms with Crippen molar-refractivity contribution in [2.75, 3.05) is 18.4 Å². The first kappa shape index (κ1) is 21.7. The first-order valence-electron chi connectivity index (χ1n) is 9.24. The highest BCUT2D eigenvalue weighted by Crippen LogP contribution is 2.24. The maximum Gasteiger partial charge on any atom is 0.257 e. The Balaban J connectivity index is 1.61. The summed E-state index contributed by atoms with van der Waals surface area (Å²) in [6, 6.07) is 12.8. The Morgan fingerprint density at radius 2 is 1.79 bits per heavy atom. The summed E-state index contributed by atoms with van der Waals surface area (Å²) < 4.78 is 27.1. The van der Waals surface area contributed by atoms with Crippen molar-refractivity contribution >= 4 is 50.5 Å². The van der Waals surface area contributed by atoms with Crippen LogP contribution in [0.15, 0.2) is 53.4 Å². The molecule has 0 radical (unpaired) electrons. The van der Waals surface area contributed by atoms with E-state index in [1.807, 2.05) is 0 Å². The highest BCUT2D eigenvalue weighted by atomic mass is 35.5. The summed E-state index contributed by atoms with van der Waals surface area (Å²) in [4.78, 5) is 12.4. The molecular weight excluding hydrogens is 430 g/mol. The molecule has 1 aliphatic heterocycles. The number of nitrogens with one attached hydrogen (secondary N) is 2. The van der Waals surface area contributed by atoms with Gasteiger partial charge in [-0.05, 0) is 73.4 Å². The molecule has 6 nitrogen and oxygen atoms in total. The smallest absolute Gasteiger partial charge is 0.257 e. The number of thiocarbonyl (C=S) groups is 1. The maximum absolute atomic E-state index is 12.8. The molecule has 1 amide bonds. The van der Waals surface area contributed by atoms with Crippen molar-refractivity contribution in [3.05, 3.63) is 59.1 Å². The third-order valence-corrected chi connectivity index (χ3v) is 7.16. The quantitative estimate of drug-likeness (QED) is 0.689. The molecule has 0 spiro atoms.